The molecule has 6 bridgehead atoms. The van der Waals surface area contributed by atoms with E-state index >= 15 is 0 Å². The Bertz CT molecular complexity index is 1930. The van der Waals surface area contributed by atoms with Gasteiger partial charge in [0.25, 0.3) is 0 Å². The molecule has 1 fully saturated rings. The van der Waals surface area contributed by atoms with E-state index in [1.807, 2.05) is 6.07 Å². The van der Waals surface area contributed by atoms with Crippen LogP contribution in [0.15, 0.2) is 60.7 Å². The number of ether oxygens (including phenoxy) is 5. The molecule has 1 N–H and O–H groups in total. The van der Waals surface area contributed by atoms with Gasteiger partial charge in [0.2, 0.25) is 5.75 Å². The van der Waals surface area contributed by atoms with E-state index in [0.29, 0.717) is 48.3 Å². The van der Waals surface area contributed by atoms with Crippen molar-refractivity contribution < 1.29 is 28.8 Å². The van der Waals surface area contributed by atoms with Crippen LogP contribution in [0.2, 0.25) is 0 Å². The first-order chi connectivity index (χ1) is 25.3. The molecule has 0 aromatic heterocycles. The Morgan fingerprint density at radius 1 is 0.750 bits per heavy atom. The molecular weight excluding hydrogens is 654 g/mol. The molecule has 5 aliphatic heterocycles. The molecule has 3 atom stereocenters. The summed E-state index contributed by atoms with van der Waals surface area (Å²) in [5.74, 6) is 4.96. The van der Waals surface area contributed by atoms with Crippen molar-refractivity contribution in [3.8, 4) is 40.2 Å². The maximum absolute atomic E-state index is 10.6. The lowest BCUT2D eigenvalue weighted by atomic mass is 9.84. The van der Waals surface area contributed by atoms with Gasteiger partial charge in [-0.15, -0.1) is 0 Å². The predicted molar refractivity (Wildman–Crippen MR) is 202 cm³/mol. The number of nitrogens with zero attached hydrogens (tertiary/aromatic N) is 3. The van der Waals surface area contributed by atoms with Crippen LogP contribution in [0.25, 0.3) is 0 Å². The Morgan fingerprint density at radius 2 is 1.48 bits per heavy atom. The van der Waals surface area contributed by atoms with Crippen LogP contribution in [0, 0.1) is 0 Å². The highest BCUT2D eigenvalue weighted by molar-refractivity contribution is 5.67. The van der Waals surface area contributed by atoms with Gasteiger partial charge in [-0.25, -0.2) is 0 Å². The van der Waals surface area contributed by atoms with Crippen LogP contribution in [-0.2, 0) is 32.2 Å². The van der Waals surface area contributed by atoms with Crippen molar-refractivity contribution in [3.63, 3.8) is 0 Å². The van der Waals surface area contributed by atoms with Crippen molar-refractivity contribution in [2.24, 2.45) is 0 Å². The minimum absolute atomic E-state index is 0.0276. The third-order valence-electron chi connectivity index (χ3n) is 11.7. The molecule has 9 heteroatoms. The molecule has 1 saturated heterocycles. The zero-order valence-corrected chi connectivity index (χ0v) is 31.1. The Hall–Kier alpha value is -4.28. The molecule has 0 saturated carbocycles. The molecule has 52 heavy (non-hydrogen) atoms. The SMILES string of the molecule is COc1ccc2cc1Oc1ccc(cc1)C[C@H]1c3cc(ccc3CCN1C)Oc1c(OC)c(OC)c(CN3CCCC(O)C3)c3c1[C@H](C2)N(C)CC3. The fourth-order valence-corrected chi connectivity index (χ4v) is 8.87. The predicted octanol–water partition coefficient (Wildman–Crippen LogP) is 7.11. The second-order valence-electron chi connectivity index (χ2n) is 14.9. The summed E-state index contributed by atoms with van der Waals surface area (Å²) >= 11 is 0. The first kappa shape index (κ1) is 34.8. The highest BCUT2D eigenvalue weighted by atomic mass is 16.5. The second kappa shape index (κ2) is 14.6. The topological polar surface area (TPSA) is 76.1 Å². The van der Waals surface area contributed by atoms with Crippen molar-refractivity contribution in [3.05, 3.63) is 99.6 Å². The maximum Gasteiger partial charge on any atom is 0.204 e. The number of aliphatic hydroxyl groups is 1. The standard InChI is InChI=1S/C43H51N3O6/c1-44-19-16-29-11-14-32-24-34(29)36(44)21-27-8-12-31(13-9-27)51-39-23-28(10-15-38(39)48-3)22-37-40-33(17-20-45(37)2)35(26-46-18-6-7-30(47)25-46)41(49-4)43(50-5)42(40)52-32/h8-15,23-24,30,36-37,47H,6-7,16-22,25-26H2,1-5H3/t30?,36-,37-/m0/s1. The summed E-state index contributed by atoms with van der Waals surface area (Å²) in [6.45, 7) is 4.12. The van der Waals surface area contributed by atoms with Crippen LogP contribution in [0.5, 0.6) is 40.2 Å². The van der Waals surface area contributed by atoms with Gasteiger partial charge in [0.05, 0.1) is 27.4 Å². The molecular formula is C43H51N3O6. The quantitative estimate of drug-likeness (QED) is 0.234. The summed E-state index contributed by atoms with van der Waals surface area (Å²) in [7, 11) is 9.53. The Labute approximate surface area is 307 Å². The van der Waals surface area contributed by atoms with Crippen LogP contribution in [0.4, 0.5) is 0 Å². The number of rotatable bonds is 5. The number of methoxy groups -OCH3 is 3. The molecule has 0 amide bonds. The monoisotopic (exact) mass is 705 g/mol. The summed E-state index contributed by atoms with van der Waals surface area (Å²) in [5.41, 5.74) is 8.50. The van der Waals surface area contributed by atoms with Crippen molar-refractivity contribution in [1.29, 1.82) is 0 Å². The Balaban J connectivity index is 1.34. The zero-order valence-electron chi connectivity index (χ0n) is 31.1. The number of β-amino-alcohol motifs (C(OH)–C–C–N with tert-alkyl or cyclic N) is 1. The van der Waals surface area contributed by atoms with E-state index in [4.69, 9.17) is 23.7 Å². The smallest absolute Gasteiger partial charge is 0.204 e. The number of fused-ring (bicyclic) bond motifs is 2. The lowest BCUT2D eigenvalue weighted by Crippen LogP contribution is -2.39. The van der Waals surface area contributed by atoms with Gasteiger partial charge in [0.15, 0.2) is 23.0 Å². The van der Waals surface area contributed by atoms with Gasteiger partial charge in [-0.05, 0) is 123 Å². The molecule has 5 aliphatic rings. The van der Waals surface area contributed by atoms with E-state index < -0.39 is 0 Å². The van der Waals surface area contributed by atoms with Crippen LogP contribution in [-0.4, -0.2) is 87.5 Å². The van der Waals surface area contributed by atoms with Gasteiger partial charge in [-0.2, -0.15) is 0 Å². The lowest BCUT2D eigenvalue weighted by molar-refractivity contribution is 0.0660. The van der Waals surface area contributed by atoms with E-state index in [1.165, 1.54) is 22.3 Å². The molecule has 274 valence electrons. The van der Waals surface area contributed by atoms with Crippen LogP contribution < -0.4 is 23.7 Å². The minimum Gasteiger partial charge on any atom is -0.493 e. The van der Waals surface area contributed by atoms with Crippen LogP contribution in [0.3, 0.4) is 0 Å². The number of aliphatic hydroxyl groups excluding tert-OH is 1. The molecule has 4 aromatic carbocycles. The number of piperidine rings is 1. The maximum atomic E-state index is 10.6. The lowest BCUT2D eigenvalue weighted by Gasteiger charge is -2.39. The number of benzene rings is 4. The van der Waals surface area contributed by atoms with Gasteiger partial charge in [0.1, 0.15) is 11.5 Å². The molecule has 4 aromatic rings. The zero-order chi connectivity index (χ0) is 35.9. The summed E-state index contributed by atoms with van der Waals surface area (Å²) in [5, 5.41) is 10.6. The van der Waals surface area contributed by atoms with Crippen molar-refractivity contribution in [2.45, 2.75) is 63.3 Å². The van der Waals surface area contributed by atoms with Gasteiger partial charge in [0, 0.05) is 49.4 Å². The van der Waals surface area contributed by atoms with E-state index in [-0.39, 0.29) is 18.2 Å². The summed E-state index contributed by atoms with van der Waals surface area (Å²) in [6, 6.07) is 21.5. The average molecular weight is 706 g/mol. The fraction of sp³-hybridized carbons (Fsp3) is 0.442. The number of hydrogen-bond donors (Lipinski definition) is 1. The molecule has 0 aliphatic carbocycles. The third-order valence-corrected chi connectivity index (χ3v) is 11.7. The molecule has 5 heterocycles. The van der Waals surface area contributed by atoms with Gasteiger partial charge in [-0.3, -0.25) is 14.7 Å². The second-order valence-corrected chi connectivity index (χ2v) is 14.9. The minimum atomic E-state index is -0.324. The molecule has 0 spiro atoms. The van der Waals surface area contributed by atoms with E-state index in [2.05, 4.69) is 83.4 Å². The van der Waals surface area contributed by atoms with Crippen LogP contribution in [0.1, 0.15) is 63.9 Å². The average Bonchev–Trinajstić information content (AvgIpc) is 3.15. The molecule has 0 radical (unpaired) electrons. The normalized spacial score (nSPS) is 22.0. The summed E-state index contributed by atoms with van der Waals surface area (Å²) in [6.07, 6.45) is 4.90. The van der Waals surface area contributed by atoms with Crippen molar-refractivity contribution >= 4 is 0 Å². The van der Waals surface area contributed by atoms with E-state index in [0.717, 1.165) is 79.9 Å². The van der Waals surface area contributed by atoms with E-state index in [1.54, 1.807) is 21.3 Å². The molecule has 1 unspecified atom stereocenters. The Kier molecular flexibility index (Phi) is 9.78. The third kappa shape index (κ3) is 6.60. The summed E-state index contributed by atoms with van der Waals surface area (Å²) < 4.78 is 32.0. The first-order valence-corrected chi connectivity index (χ1v) is 18.7. The van der Waals surface area contributed by atoms with Crippen LogP contribution >= 0.6 is 0 Å². The first-order valence-electron chi connectivity index (χ1n) is 18.7. The number of likely N-dealkylation sites (N-methyl/N-ethyl adjacent to an activating group) is 2. The van der Waals surface area contributed by atoms with Crippen molar-refractivity contribution in [1.82, 2.24) is 14.7 Å². The Morgan fingerprint density at radius 3 is 2.25 bits per heavy atom. The number of likely N-dealkylation sites (tertiary alicyclic amines) is 1. The van der Waals surface area contributed by atoms with Gasteiger partial charge >= 0.3 is 0 Å². The van der Waals surface area contributed by atoms with Crippen molar-refractivity contribution in [2.75, 3.05) is 61.6 Å². The summed E-state index contributed by atoms with van der Waals surface area (Å²) in [4.78, 5) is 7.23. The fourth-order valence-electron chi connectivity index (χ4n) is 8.87. The van der Waals surface area contributed by atoms with Gasteiger partial charge in [-0.1, -0.05) is 24.3 Å². The highest BCUT2D eigenvalue weighted by Gasteiger charge is 2.37. The number of hydrogen-bond acceptors (Lipinski definition) is 9. The van der Waals surface area contributed by atoms with E-state index in [9.17, 15) is 5.11 Å². The highest BCUT2D eigenvalue weighted by Crippen LogP contribution is 2.53. The molecule has 9 rings (SSSR count). The van der Waals surface area contributed by atoms with Gasteiger partial charge < -0.3 is 28.8 Å². The molecule has 9 nitrogen and oxygen atoms in total. The largest absolute Gasteiger partial charge is 0.493 e.